The van der Waals surface area contributed by atoms with Gasteiger partial charge < -0.3 is 5.73 Å². The highest BCUT2D eigenvalue weighted by Crippen LogP contribution is 2.14. The monoisotopic (exact) mass is 114 g/mol. The molecule has 1 fully saturated rings. The van der Waals surface area contributed by atoms with Crippen molar-refractivity contribution in [2.75, 3.05) is 6.54 Å². The van der Waals surface area contributed by atoms with E-state index in [4.69, 9.17) is 5.73 Å². The second-order valence-corrected chi connectivity index (χ2v) is 2.69. The van der Waals surface area contributed by atoms with Gasteiger partial charge in [-0.2, -0.15) is 0 Å². The fourth-order valence-electron chi connectivity index (χ4n) is 1.07. The van der Waals surface area contributed by atoms with Crippen LogP contribution in [0, 0.1) is 0 Å². The second kappa shape index (κ2) is 2.03. The van der Waals surface area contributed by atoms with Crippen LogP contribution in [0.4, 0.5) is 0 Å². The van der Waals surface area contributed by atoms with E-state index in [0.717, 1.165) is 0 Å². The molecule has 1 atom stereocenters. The number of nitrogens with two attached hydrogens (primary N) is 1. The zero-order valence-corrected chi connectivity index (χ0v) is 5.59. The lowest BCUT2D eigenvalue weighted by Gasteiger charge is -2.41. The van der Waals surface area contributed by atoms with Crippen molar-refractivity contribution in [3.63, 3.8) is 0 Å². The van der Waals surface area contributed by atoms with Gasteiger partial charge in [-0.15, -0.1) is 0 Å². The number of hydrogen-bond acceptors (Lipinski definition) is 2. The van der Waals surface area contributed by atoms with Gasteiger partial charge in [-0.25, -0.2) is 0 Å². The van der Waals surface area contributed by atoms with Crippen LogP contribution in [0.15, 0.2) is 0 Å². The molecule has 1 rings (SSSR count). The standard InChI is InChI=1S/C6H14N2/c1-5(2)8-4-3-6(8)7/h5-6H,3-4,7H2,1-2H3. The Balaban J connectivity index is 2.26. The van der Waals surface area contributed by atoms with Crippen molar-refractivity contribution in [2.24, 2.45) is 5.73 Å². The van der Waals surface area contributed by atoms with Crippen LogP contribution < -0.4 is 5.73 Å². The Hall–Kier alpha value is -0.0800. The van der Waals surface area contributed by atoms with E-state index >= 15 is 0 Å². The molecule has 1 aliphatic rings. The van der Waals surface area contributed by atoms with Gasteiger partial charge >= 0.3 is 0 Å². The van der Waals surface area contributed by atoms with Crippen LogP contribution in [-0.2, 0) is 0 Å². The SMILES string of the molecule is CC(C)N1CCC1N. The van der Waals surface area contributed by atoms with Crippen molar-refractivity contribution in [2.45, 2.75) is 32.5 Å². The lowest BCUT2D eigenvalue weighted by molar-refractivity contribution is 0.0611. The Morgan fingerprint density at radius 2 is 2.25 bits per heavy atom. The first-order chi connectivity index (χ1) is 3.72. The van der Waals surface area contributed by atoms with E-state index in [0.29, 0.717) is 12.2 Å². The highest BCUT2D eigenvalue weighted by molar-refractivity contribution is 4.79. The first-order valence-electron chi connectivity index (χ1n) is 3.23. The summed E-state index contributed by atoms with van der Waals surface area (Å²) in [5.41, 5.74) is 5.65. The minimum absolute atomic E-state index is 0.356. The lowest BCUT2D eigenvalue weighted by atomic mass is 10.1. The van der Waals surface area contributed by atoms with E-state index in [-0.39, 0.29) is 0 Å². The molecule has 1 heterocycles. The Labute approximate surface area is 50.7 Å². The Bertz CT molecular complexity index is 75.8. The van der Waals surface area contributed by atoms with Crippen molar-refractivity contribution < 1.29 is 0 Å². The quantitative estimate of drug-likeness (QED) is 0.534. The summed E-state index contributed by atoms with van der Waals surface area (Å²) in [7, 11) is 0. The Morgan fingerprint density at radius 1 is 1.62 bits per heavy atom. The maximum Gasteiger partial charge on any atom is 0.0586 e. The first-order valence-corrected chi connectivity index (χ1v) is 3.23. The normalized spacial score (nSPS) is 30.8. The van der Waals surface area contributed by atoms with E-state index in [9.17, 15) is 0 Å². The molecule has 1 aliphatic heterocycles. The zero-order chi connectivity index (χ0) is 6.15. The van der Waals surface area contributed by atoms with Gasteiger partial charge in [-0.05, 0) is 20.3 Å². The van der Waals surface area contributed by atoms with Gasteiger partial charge in [0, 0.05) is 12.6 Å². The van der Waals surface area contributed by atoms with Gasteiger partial charge in [0.2, 0.25) is 0 Å². The third-order valence-electron chi connectivity index (χ3n) is 1.77. The number of hydrogen-bond donors (Lipinski definition) is 1. The highest BCUT2D eigenvalue weighted by atomic mass is 15.3. The van der Waals surface area contributed by atoms with Crippen LogP contribution in [0.3, 0.4) is 0 Å². The molecule has 2 N–H and O–H groups in total. The summed E-state index contributed by atoms with van der Waals surface area (Å²) in [5.74, 6) is 0. The van der Waals surface area contributed by atoms with Crippen LogP contribution in [0.25, 0.3) is 0 Å². The van der Waals surface area contributed by atoms with Crippen molar-refractivity contribution in [1.29, 1.82) is 0 Å². The molecule has 2 nitrogen and oxygen atoms in total. The van der Waals surface area contributed by atoms with E-state index in [2.05, 4.69) is 18.7 Å². The minimum atomic E-state index is 0.356. The highest BCUT2D eigenvalue weighted by Gasteiger charge is 2.25. The molecular weight excluding hydrogens is 100 g/mol. The lowest BCUT2D eigenvalue weighted by Crippen LogP contribution is -2.56. The molecule has 0 spiro atoms. The molecule has 0 radical (unpaired) electrons. The van der Waals surface area contributed by atoms with E-state index in [1.165, 1.54) is 13.0 Å². The van der Waals surface area contributed by atoms with Crippen LogP contribution in [-0.4, -0.2) is 23.7 Å². The molecule has 0 aliphatic carbocycles. The average molecular weight is 114 g/mol. The smallest absolute Gasteiger partial charge is 0.0586 e. The second-order valence-electron chi connectivity index (χ2n) is 2.69. The molecule has 0 aromatic carbocycles. The maximum absolute atomic E-state index is 5.65. The first kappa shape index (κ1) is 6.05. The van der Waals surface area contributed by atoms with Gasteiger partial charge in [0.15, 0.2) is 0 Å². The van der Waals surface area contributed by atoms with Crippen LogP contribution in [0.5, 0.6) is 0 Å². The van der Waals surface area contributed by atoms with Gasteiger partial charge in [0.05, 0.1) is 6.17 Å². The van der Waals surface area contributed by atoms with E-state index in [1.54, 1.807) is 0 Å². The fourth-order valence-corrected chi connectivity index (χ4v) is 1.07. The summed E-state index contributed by atoms with van der Waals surface area (Å²) in [6, 6.07) is 0.638. The fraction of sp³-hybridized carbons (Fsp3) is 1.00. The topological polar surface area (TPSA) is 29.3 Å². The van der Waals surface area contributed by atoms with Gasteiger partial charge in [0.25, 0.3) is 0 Å². The van der Waals surface area contributed by atoms with Crippen LogP contribution in [0.1, 0.15) is 20.3 Å². The summed E-state index contributed by atoms with van der Waals surface area (Å²) < 4.78 is 0. The van der Waals surface area contributed by atoms with Gasteiger partial charge in [-0.1, -0.05) is 0 Å². The van der Waals surface area contributed by atoms with Crippen LogP contribution >= 0.6 is 0 Å². The molecule has 0 amide bonds. The van der Waals surface area contributed by atoms with Crippen molar-refractivity contribution in [3.05, 3.63) is 0 Å². The predicted octanol–water partition coefficient (Wildman–Crippen LogP) is 0.385. The van der Waals surface area contributed by atoms with E-state index < -0.39 is 0 Å². The summed E-state index contributed by atoms with van der Waals surface area (Å²) in [4.78, 5) is 2.29. The Morgan fingerprint density at radius 3 is 2.25 bits per heavy atom. The molecule has 2 heteroatoms. The largest absolute Gasteiger partial charge is 0.316 e. The van der Waals surface area contributed by atoms with Crippen molar-refractivity contribution in [1.82, 2.24) is 4.90 Å². The molecule has 0 saturated carbocycles. The molecule has 48 valence electrons. The summed E-state index contributed by atoms with van der Waals surface area (Å²) >= 11 is 0. The van der Waals surface area contributed by atoms with Gasteiger partial charge in [0.1, 0.15) is 0 Å². The molecule has 1 unspecified atom stereocenters. The minimum Gasteiger partial charge on any atom is -0.316 e. The summed E-state index contributed by atoms with van der Waals surface area (Å²) in [6.07, 6.45) is 1.54. The molecule has 1 saturated heterocycles. The summed E-state index contributed by atoms with van der Waals surface area (Å²) in [6.45, 7) is 5.55. The third kappa shape index (κ3) is 0.858. The van der Waals surface area contributed by atoms with Gasteiger partial charge in [-0.3, -0.25) is 4.90 Å². The number of nitrogens with zero attached hydrogens (tertiary/aromatic N) is 1. The van der Waals surface area contributed by atoms with Crippen LogP contribution in [0.2, 0.25) is 0 Å². The molecule has 0 aromatic heterocycles. The maximum atomic E-state index is 5.65. The van der Waals surface area contributed by atoms with E-state index in [1.807, 2.05) is 0 Å². The summed E-state index contributed by atoms with van der Waals surface area (Å²) in [5, 5.41) is 0. The average Bonchev–Trinajstić information content (AvgIpc) is 1.61. The molecule has 0 aromatic rings. The molecule has 0 bridgehead atoms. The predicted molar refractivity (Wildman–Crippen MR) is 34.4 cm³/mol. The van der Waals surface area contributed by atoms with Crippen molar-refractivity contribution >= 4 is 0 Å². The zero-order valence-electron chi connectivity index (χ0n) is 5.59. The molecular formula is C6H14N2. The molecule has 8 heavy (non-hydrogen) atoms. The third-order valence-corrected chi connectivity index (χ3v) is 1.77. The number of likely N-dealkylation sites (tertiary alicyclic amines) is 1. The van der Waals surface area contributed by atoms with Crippen molar-refractivity contribution in [3.8, 4) is 0 Å². The number of rotatable bonds is 1. The Kier molecular flexibility index (Phi) is 1.54.